The number of ether oxygens (including phenoxy) is 1. The summed E-state index contributed by atoms with van der Waals surface area (Å²) in [4.78, 5) is 16.2. The number of nitrogen functional groups attached to an aromatic ring is 1. The van der Waals surface area contributed by atoms with Gasteiger partial charge in [-0.2, -0.15) is 0 Å². The Balaban J connectivity index is 1.96. The molecule has 1 aromatic heterocycles. The number of amides is 1. The zero-order chi connectivity index (χ0) is 14.4. The van der Waals surface area contributed by atoms with E-state index in [0.717, 1.165) is 23.0 Å². The first-order valence-corrected chi connectivity index (χ1v) is 6.60. The van der Waals surface area contributed by atoms with Crippen molar-refractivity contribution in [1.82, 2.24) is 10.3 Å². The van der Waals surface area contributed by atoms with Gasteiger partial charge in [-0.1, -0.05) is 6.07 Å². The number of methoxy groups -OCH3 is 1. The molecule has 0 bridgehead atoms. The summed E-state index contributed by atoms with van der Waals surface area (Å²) in [5.74, 6) is -0.0246. The van der Waals surface area contributed by atoms with Crippen LogP contribution >= 0.6 is 0 Å². The zero-order valence-corrected chi connectivity index (χ0v) is 11.6. The molecular formula is C15H19N3O2. The highest BCUT2D eigenvalue weighted by Gasteiger charge is 2.05. The van der Waals surface area contributed by atoms with E-state index < -0.39 is 0 Å². The number of pyridine rings is 1. The van der Waals surface area contributed by atoms with Gasteiger partial charge in [0.05, 0.1) is 17.6 Å². The van der Waals surface area contributed by atoms with Gasteiger partial charge in [0.1, 0.15) is 0 Å². The molecule has 0 aliphatic carbocycles. The normalized spacial score (nSPS) is 10.7. The number of carbonyl (C=O) groups is 1. The van der Waals surface area contributed by atoms with E-state index in [0.29, 0.717) is 18.8 Å². The molecule has 0 saturated heterocycles. The maximum atomic E-state index is 11.8. The summed E-state index contributed by atoms with van der Waals surface area (Å²) in [5.41, 5.74) is 8.04. The van der Waals surface area contributed by atoms with Crippen molar-refractivity contribution in [3.05, 3.63) is 36.0 Å². The quantitative estimate of drug-likeness (QED) is 0.618. The Morgan fingerprint density at radius 1 is 1.35 bits per heavy atom. The zero-order valence-electron chi connectivity index (χ0n) is 11.6. The molecule has 0 unspecified atom stereocenters. The Morgan fingerprint density at radius 3 is 3.00 bits per heavy atom. The monoisotopic (exact) mass is 273 g/mol. The van der Waals surface area contributed by atoms with E-state index in [2.05, 4.69) is 10.3 Å². The van der Waals surface area contributed by atoms with Gasteiger partial charge in [0.15, 0.2) is 0 Å². The SMILES string of the molecule is COCCCNC(=O)Cc1ccc2cc(N)ccc2n1. The lowest BCUT2D eigenvalue weighted by Crippen LogP contribution is -2.27. The van der Waals surface area contributed by atoms with E-state index in [9.17, 15) is 4.79 Å². The van der Waals surface area contributed by atoms with Crippen LogP contribution in [0, 0.1) is 0 Å². The van der Waals surface area contributed by atoms with Gasteiger partial charge in [-0.3, -0.25) is 9.78 Å². The second-order valence-corrected chi connectivity index (χ2v) is 4.63. The van der Waals surface area contributed by atoms with E-state index >= 15 is 0 Å². The summed E-state index contributed by atoms with van der Waals surface area (Å²) in [6.45, 7) is 1.27. The van der Waals surface area contributed by atoms with E-state index in [1.54, 1.807) is 7.11 Å². The number of anilines is 1. The van der Waals surface area contributed by atoms with Crippen LogP contribution in [0.3, 0.4) is 0 Å². The van der Waals surface area contributed by atoms with Crippen molar-refractivity contribution < 1.29 is 9.53 Å². The fourth-order valence-corrected chi connectivity index (χ4v) is 1.96. The number of hydrogen-bond donors (Lipinski definition) is 2. The van der Waals surface area contributed by atoms with Crippen molar-refractivity contribution in [2.24, 2.45) is 0 Å². The van der Waals surface area contributed by atoms with Crippen molar-refractivity contribution in [1.29, 1.82) is 0 Å². The van der Waals surface area contributed by atoms with Gasteiger partial charge < -0.3 is 15.8 Å². The van der Waals surface area contributed by atoms with Crippen molar-refractivity contribution in [2.45, 2.75) is 12.8 Å². The maximum absolute atomic E-state index is 11.8. The largest absolute Gasteiger partial charge is 0.399 e. The summed E-state index contributed by atoms with van der Waals surface area (Å²) in [5, 5.41) is 3.82. The average Bonchev–Trinajstić information content (AvgIpc) is 2.44. The Morgan fingerprint density at radius 2 is 2.20 bits per heavy atom. The number of nitrogens with zero attached hydrogens (tertiary/aromatic N) is 1. The van der Waals surface area contributed by atoms with Crippen molar-refractivity contribution in [2.75, 3.05) is 26.0 Å². The Kier molecular flexibility index (Phi) is 4.90. The third-order valence-corrected chi connectivity index (χ3v) is 2.96. The van der Waals surface area contributed by atoms with Crippen LogP contribution in [0.4, 0.5) is 5.69 Å². The highest BCUT2D eigenvalue weighted by atomic mass is 16.5. The summed E-state index contributed by atoms with van der Waals surface area (Å²) < 4.78 is 4.93. The first-order valence-electron chi connectivity index (χ1n) is 6.60. The molecule has 3 N–H and O–H groups in total. The number of aromatic nitrogens is 1. The molecule has 106 valence electrons. The standard InChI is InChI=1S/C15H19N3O2/c1-20-8-2-7-17-15(19)10-13-5-3-11-9-12(16)4-6-14(11)18-13/h3-6,9H,2,7-8,10,16H2,1H3,(H,17,19). The van der Waals surface area contributed by atoms with Crippen LogP contribution < -0.4 is 11.1 Å². The van der Waals surface area contributed by atoms with E-state index in [4.69, 9.17) is 10.5 Å². The number of hydrogen-bond acceptors (Lipinski definition) is 4. The maximum Gasteiger partial charge on any atom is 0.226 e. The van der Waals surface area contributed by atoms with Gasteiger partial charge in [-0.25, -0.2) is 0 Å². The van der Waals surface area contributed by atoms with Crippen LogP contribution in [0.15, 0.2) is 30.3 Å². The van der Waals surface area contributed by atoms with E-state index in [1.165, 1.54) is 0 Å². The number of fused-ring (bicyclic) bond motifs is 1. The minimum atomic E-state index is -0.0246. The van der Waals surface area contributed by atoms with Gasteiger partial charge in [0.25, 0.3) is 0 Å². The van der Waals surface area contributed by atoms with Gasteiger partial charge in [-0.05, 0) is 30.7 Å². The van der Waals surface area contributed by atoms with Gasteiger partial charge in [0.2, 0.25) is 5.91 Å². The second-order valence-electron chi connectivity index (χ2n) is 4.63. The molecule has 0 aliphatic rings. The molecule has 2 rings (SSSR count). The first-order chi connectivity index (χ1) is 9.69. The third kappa shape index (κ3) is 3.93. The number of carbonyl (C=O) groups excluding carboxylic acids is 1. The minimum absolute atomic E-state index is 0.0246. The molecule has 1 amide bonds. The molecule has 0 aliphatic heterocycles. The third-order valence-electron chi connectivity index (χ3n) is 2.96. The van der Waals surface area contributed by atoms with E-state index in [1.807, 2.05) is 30.3 Å². The predicted octanol–water partition coefficient (Wildman–Crippen LogP) is 1.51. The Bertz CT molecular complexity index is 599. The molecule has 0 spiro atoms. The van der Waals surface area contributed by atoms with Gasteiger partial charge >= 0.3 is 0 Å². The minimum Gasteiger partial charge on any atom is -0.399 e. The first kappa shape index (κ1) is 14.3. The molecular weight excluding hydrogens is 254 g/mol. The van der Waals surface area contributed by atoms with Crippen LogP contribution in [0.5, 0.6) is 0 Å². The number of benzene rings is 1. The highest BCUT2D eigenvalue weighted by Crippen LogP contribution is 2.16. The van der Waals surface area contributed by atoms with Crippen LogP contribution in [-0.4, -0.2) is 31.2 Å². The lowest BCUT2D eigenvalue weighted by molar-refractivity contribution is -0.120. The molecule has 2 aromatic rings. The topological polar surface area (TPSA) is 77.2 Å². The molecule has 5 heteroatoms. The summed E-state index contributed by atoms with van der Waals surface area (Å²) in [7, 11) is 1.65. The van der Waals surface area contributed by atoms with Crippen LogP contribution in [0.1, 0.15) is 12.1 Å². The smallest absolute Gasteiger partial charge is 0.226 e. The van der Waals surface area contributed by atoms with Gasteiger partial charge in [-0.15, -0.1) is 0 Å². The predicted molar refractivity (Wildman–Crippen MR) is 79.4 cm³/mol. The number of nitrogens with two attached hydrogens (primary N) is 1. The molecule has 0 atom stereocenters. The molecule has 1 heterocycles. The Hall–Kier alpha value is -2.14. The van der Waals surface area contributed by atoms with E-state index in [-0.39, 0.29) is 12.3 Å². The lowest BCUT2D eigenvalue weighted by Gasteiger charge is -2.06. The fraction of sp³-hybridized carbons (Fsp3) is 0.333. The summed E-state index contributed by atoms with van der Waals surface area (Å²) in [6, 6.07) is 9.34. The van der Waals surface area contributed by atoms with Crippen LogP contribution in [0.25, 0.3) is 10.9 Å². The fourth-order valence-electron chi connectivity index (χ4n) is 1.96. The number of nitrogens with one attached hydrogen (secondary N) is 1. The molecule has 1 aromatic carbocycles. The van der Waals surface area contributed by atoms with Crippen molar-refractivity contribution in [3.8, 4) is 0 Å². The molecule has 20 heavy (non-hydrogen) atoms. The molecule has 0 radical (unpaired) electrons. The molecule has 0 saturated carbocycles. The van der Waals surface area contributed by atoms with Crippen LogP contribution in [-0.2, 0) is 16.0 Å². The summed E-state index contributed by atoms with van der Waals surface area (Å²) in [6.07, 6.45) is 1.10. The molecule has 5 nitrogen and oxygen atoms in total. The molecule has 0 fully saturated rings. The number of rotatable bonds is 6. The summed E-state index contributed by atoms with van der Waals surface area (Å²) >= 11 is 0. The van der Waals surface area contributed by atoms with Crippen molar-refractivity contribution in [3.63, 3.8) is 0 Å². The highest BCUT2D eigenvalue weighted by molar-refractivity contribution is 5.83. The second kappa shape index (κ2) is 6.86. The van der Waals surface area contributed by atoms with Crippen molar-refractivity contribution >= 4 is 22.5 Å². The van der Waals surface area contributed by atoms with Gasteiger partial charge in [0, 0.05) is 31.3 Å². The Labute approximate surface area is 118 Å². The van der Waals surface area contributed by atoms with Crippen LogP contribution in [0.2, 0.25) is 0 Å². The average molecular weight is 273 g/mol. The lowest BCUT2D eigenvalue weighted by atomic mass is 10.1.